The van der Waals surface area contributed by atoms with E-state index in [2.05, 4.69) is 46.8 Å². The summed E-state index contributed by atoms with van der Waals surface area (Å²) in [4.78, 5) is 22.0. The van der Waals surface area contributed by atoms with Gasteiger partial charge in [0.25, 0.3) is 5.91 Å². The van der Waals surface area contributed by atoms with Crippen LogP contribution < -0.4 is 20.1 Å². The van der Waals surface area contributed by atoms with E-state index in [0.717, 1.165) is 40.8 Å². The lowest BCUT2D eigenvalue weighted by Gasteiger charge is -2.16. The number of carbonyl (C=O) groups is 2. The molecule has 0 aliphatic rings. The van der Waals surface area contributed by atoms with Crippen molar-refractivity contribution in [2.75, 3.05) is 25.5 Å². The molecule has 0 unspecified atom stereocenters. The molecule has 4 rings (SSSR count). The van der Waals surface area contributed by atoms with Gasteiger partial charge in [0, 0.05) is 24.4 Å². The first kappa shape index (κ1) is 31.6. The average molecular weight is 598 g/mol. The minimum atomic E-state index is -0.889. The van der Waals surface area contributed by atoms with Crippen molar-refractivity contribution >= 4 is 50.3 Å². The Balaban J connectivity index is 0.00000108. The molecule has 0 bridgehead atoms. The third-order valence-corrected chi connectivity index (χ3v) is 6.29. The molecular weight excluding hydrogens is 563 g/mol. The Kier molecular flexibility index (Phi) is 11.7. The van der Waals surface area contributed by atoms with Crippen molar-refractivity contribution in [3.63, 3.8) is 0 Å². The first-order valence-electron chi connectivity index (χ1n) is 13.1. The van der Waals surface area contributed by atoms with Crippen LogP contribution in [0.2, 0.25) is 0 Å². The number of hydrogen-bond acceptors (Lipinski definition) is 6. The van der Waals surface area contributed by atoms with Crippen molar-refractivity contribution in [1.82, 2.24) is 5.32 Å². The molecule has 216 valence electrons. The maximum absolute atomic E-state index is 13.0. The summed E-state index contributed by atoms with van der Waals surface area (Å²) in [5.41, 5.74) is 4.45. The van der Waals surface area contributed by atoms with Crippen molar-refractivity contribution in [3.8, 4) is 23.0 Å². The highest BCUT2D eigenvalue weighted by molar-refractivity contribution is 6.93. The molecule has 0 heterocycles. The molecule has 0 radical (unpaired) electrons. The number of fused-ring (bicyclic) bond motifs is 1. The summed E-state index contributed by atoms with van der Waals surface area (Å²) in [6, 6.07) is 20.9. The van der Waals surface area contributed by atoms with E-state index in [1.807, 2.05) is 69.4 Å². The lowest BCUT2D eigenvalue weighted by atomic mass is 10.0. The molecule has 4 aromatic carbocycles. The molecule has 0 aromatic heterocycles. The molecule has 7 nitrogen and oxygen atoms in total. The van der Waals surface area contributed by atoms with Crippen LogP contribution in [0.3, 0.4) is 0 Å². The topological polar surface area (TPSA) is 96.9 Å². The predicted molar refractivity (Wildman–Crippen MR) is 166 cm³/mol. The summed E-state index contributed by atoms with van der Waals surface area (Å²) >= 11 is 8.80. The number of phenolic OH excluding ortho intramolecular Hbond substituents is 1. The number of carbonyl (C=O) groups excluding carboxylic acids is 2. The highest BCUT2D eigenvalue weighted by Gasteiger charge is 2.19. The van der Waals surface area contributed by atoms with Gasteiger partial charge < -0.3 is 25.2 Å². The average Bonchev–Trinajstić information content (AvgIpc) is 2.93. The molecule has 0 atom stereocenters. The number of aryl methyl sites for hydroxylation is 3. The molecule has 4 aromatic rings. The Morgan fingerprint density at radius 1 is 0.829 bits per heavy atom. The standard InChI is InChI=1S/C31H34N2O4.CCl2O/c1-20-11-13-27(22(3)17-20)36-16-8-7-15-33-31(35)25-19-29(23-9-5-6-10-24(23)30(25)34)37-28-14-12-21(2)18-26(28)32-4;2-1(3)4/h5-6,9-14,17-19,32,34H,7-8,15-16H2,1-4H3,(H,33,35);. The van der Waals surface area contributed by atoms with E-state index in [-0.39, 0.29) is 17.2 Å². The second-order valence-electron chi connectivity index (χ2n) is 9.47. The van der Waals surface area contributed by atoms with E-state index in [4.69, 9.17) is 14.3 Å². The summed E-state index contributed by atoms with van der Waals surface area (Å²) in [5, 5.41) is 18.3. The van der Waals surface area contributed by atoms with Crippen LogP contribution in [0.5, 0.6) is 23.0 Å². The van der Waals surface area contributed by atoms with E-state index in [9.17, 15) is 9.90 Å². The molecule has 0 aliphatic heterocycles. The largest absolute Gasteiger partial charge is 0.506 e. The molecule has 1 amide bonds. The third kappa shape index (κ3) is 9.03. The van der Waals surface area contributed by atoms with Crippen LogP contribution in [-0.2, 0) is 0 Å². The van der Waals surface area contributed by atoms with Crippen molar-refractivity contribution < 1.29 is 24.2 Å². The number of anilines is 1. The van der Waals surface area contributed by atoms with Gasteiger partial charge in [-0.2, -0.15) is 0 Å². The summed E-state index contributed by atoms with van der Waals surface area (Å²) in [7, 11) is 1.84. The van der Waals surface area contributed by atoms with Crippen LogP contribution in [0.1, 0.15) is 39.9 Å². The fourth-order valence-corrected chi connectivity index (χ4v) is 4.30. The Morgan fingerprint density at radius 3 is 2.12 bits per heavy atom. The molecule has 0 fully saturated rings. The summed E-state index contributed by atoms with van der Waals surface area (Å²) in [6.07, 6.45) is 1.55. The SMILES string of the molecule is CNc1cc(C)ccc1Oc1cc(C(=O)NCCCCOc2ccc(C)cc2C)c(O)c2ccccc12.O=C(Cl)Cl. The first-order chi connectivity index (χ1) is 19.6. The van der Waals surface area contributed by atoms with Gasteiger partial charge in [-0.15, -0.1) is 0 Å². The van der Waals surface area contributed by atoms with Crippen LogP contribution in [0.25, 0.3) is 10.8 Å². The highest BCUT2D eigenvalue weighted by Crippen LogP contribution is 2.39. The van der Waals surface area contributed by atoms with Crippen molar-refractivity contribution in [2.24, 2.45) is 0 Å². The second kappa shape index (κ2) is 15.2. The molecular formula is C32H34Cl2N2O5. The van der Waals surface area contributed by atoms with Crippen molar-refractivity contribution in [2.45, 2.75) is 33.6 Å². The predicted octanol–water partition coefficient (Wildman–Crippen LogP) is 8.48. The lowest BCUT2D eigenvalue weighted by Crippen LogP contribution is -2.25. The highest BCUT2D eigenvalue weighted by atomic mass is 35.5. The molecule has 3 N–H and O–H groups in total. The quantitative estimate of drug-likeness (QED) is 0.125. The third-order valence-electron chi connectivity index (χ3n) is 6.29. The molecule has 0 spiro atoms. The van der Waals surface area contributed by atoms with Gasteiger partial charge in [-0.25, -0.2) is 0 Å². The number of rotatable bonds is 10. The number of unbranched alkanes of at least 4 members (excludes halogenated alkanes) is 1. The minimum Gasteiger partial charge on any atom is -0.506 e. The van der Waals surface area contributed by atoms with E-state index in [1.165, 1.54) is 5.56 Å². The van der Waals surface area contributed by atoms with Gasteiger partial charge in [0.05, 0.1) is 17.9 Å². The fraction of sp³-hybridized carbons (Fsp3) is 0.250. The first-order valence-corrected chi connectivity index (χ1v) is 13.9. The molecule has 0 saturated carbocycles. The van der Waals surface area contributed by atoms with Gasteiger partial charge in [-0.1, -0.05) is 48.0 Å². The van der Waals surface area contributed by atoms with Crippen molar-refractivity contribution in [1.29, 1.82) is 0 Å². The number of amides is 1. The Hall–Kier alpha value is -3.94. The van der Waals surface area contributed by atoms with Gasteiger partial charge >= 0.3 is 4.70 Å². The fourth-order valence-electron chi connectivity index (χ4n) is 4.30. The Morgan fingerprint density at radius 2 is 1.46 bits per heavy atom. The molecule has 41 heavy (non-hydrogen) atoms. The number of halogens is 2. The smallest absolute Gasteiger partial charge is 0.313 e. The number of ether oxygens (including phenoxy) is 2. The van der Waals surface area contributed by atoms with Crippen molar-refractivity contribution in [3.05, 3.63) is 89.0 Å². The second-order valence-corrected chi connectivity index (χ2v) is 10.4. The Labute approximate surface area is 250 Å². The number of nitrogens with one attached hydrogen (secondary N) is 2. The number of hydrogen-bond donors (Lipinski definition) is 3. The normalized spacial score (nSPS) is 10.4. The summed E-state index contributed by atoms with van der Waals surface area (Å²) < 4.78 is 11.2. The van der Waals surface area contributed by atoms with E-state index < -0.39 is 4.70 Å². The van der Waals surface area contributed by atoms with Crippen LogP contribution >= 0.6 is 23.2 Å². The maximum atomic E-state index is 13.0. The monoisotopic (exact) mass is 596 g/mol. The van der Waals surface area contributed by atoms with Gasteiger partial charge in [0.2, 0.25) is 0 Å². The molecule has 0 aliphatic carbocycles. The van der Waals surface area contributed by atoms with Crippen LogP contribution in [-0.4, -0.2) is 35.9 Å². The summed E-state index contributed by atoms with van der Waals surface area (Å²) in [6.45, 7) is 7.15. The van der Waals surface area contributed by atoms with Gasteiger partial charge in [0.1, 0.15) is 17.2 Å². The van der Waals surface area contributed by atoms with E-state index in [0.29, 0.717) is 30.0 Å². The zero-order valence-corrected chi connectivity index (χ0v) is 25.0. The number of aromatic hydroxyl groups is 1. The number of phenols is 1. The zero-order valence-electron chi connectivity index (χ0n) is 23.5. The number of benzene rings is 4. The lowest BCUT2D eigenvalue weighted by molar-refractivity contribution is 0.0949. The van der Waals surface area contributed by atoms with Crippen LogP contribution in [0.4, 0.5) is 10.5 Å². The Bertz CT molecular complexity index is 1520. The van der Waals surface area contributed by atoms with E-state index >= 15 is 0 Å². The van der Waals surface area contributed by atoms with Gasteiger partial charge in [0.15, 0.2) is 5.75 Å². The van der Waals surface area contributed by atoms with E-state index in [1.54, 1.807) is 12.1 Å². The van der Waals surface area contributed by atoms with Gasteiger partial charge in [-0.05, 0) is 92.2 Å². The molecule has 9 heteroatoms. The van der Waals surface area contributed by atoms with Gasteiger partial charge in [-0.3, -0.25) is 9.59 Å². The van der Waals surface area contributed by atoms with Crippen LogP contribution in [0, 0.1) is 20.8 Å². The summed E-state index contributed by atoms with van der Waals surface area (Å²) in [5.74, 6) is 1.62. The minimum absolute atomic E-state index is 0.0589. The maximum Gasteiger partial charge on any atom is 0.313 e. The van der Waals surface area contributed by atoms with Crippen LogP contribution in [0.15, 0.2) is 66.7 Å². The molecule has 0 saturated heterocycles. The zero-order chi connectivity index (χ0) is 29.9.